The Kier molecular flexibility index (Phi) is 5.43. The molecule has 1 spiro atoms. The van der Waals surface area contributed by atoms with E-state index in [4.69, 9.17) is 9.47 Å². The molecule has 3 fully saturated rings. The van der Waals surface area contributed by atoms with Crippen molar-refractivity contribution in [3.8, 4) is 5.88 Å². The minimum Gasteiger partial charge on any atom is -0.481 e. The molecule has 4 atom stereocenters. The average Bonchev–Trinajstić information content (AvgIpc) is 3.15. The highest BCUT2D eigenvalue weighted by Gasteiger charge is 2.63. The SMILES string of the molecule is COc1cc(C(=O)N2C[C@H]3O[C@@]4(CN(C(=O)CSC)C[C@@H]4[C@@H]3CO)C2)c(F)cn1. The molecule has 0 radical (unpaired) electrons. The second kappa shape index (κ2) is 7.73. The van der Waals surface area contributed by atoms with Gasteiger partial charge in [-0.3, -0.25) is 9.59 Å². The third kappa shape index (κ3) is 3.36. The molecule has 10 heteroatoms. The van der Waals surface area contributed by atoms with Crippen LogP contribution >= 0.6 is 11.8 Å². The van der Waals surface area contributed by atoms with Crippen molar-refractivity contribution in [1.29, 1.82) is 0 Å². The van der Waals surface area contributed by atoms with Crippen molar-refractivity contribution in [3.63, 3.8) is 0 Å². The molecule has 8 nitrogen and oxygen atoms in total. The van der Waals surface area contributed by atoms with E-state index in [1.165, 1.54) is 24.9 Å². The van der Waals surface area contributed by atoms with Gasteiger partial charge in [-0.25, -0.2) is 9.37 Å². The van der Waals surface area contributed by atoms with Crippen molar-refractivity contribution in [2.75, 3.05) is 51.9 Å². The van der Waals surface area contributed by atoms with Crippen LogP contribution in [0.15, 0.2) is 12.3 Å². The van der Waals surface area contributed by atoms with Crippen LogP contribution in [0.2, 0.25) is 0 Å². The summed E-state index contributed by atoms with van der Waals surface area (Å²) in [6.45, 7) is 1.31. The number of likely N-dealkylation sites (tertiary alicyclic amines) is 2. The van der Waals surface area contributed by atoms with Crippen LogP contribution in [-0.4, -0.2) is 95.3 Å². The van der Waals surface area contributed by atoms with Gasteiger partial charge in [-0.15, -0.1) is 0 Å². The molecule has 4 rings (SSSR count). The molecule has 4 heterocycles. The summed E-state index contributed by atoms with van der Waals surface area (Å²) >= 11 is 1.45. The van der Waals surface area contributed by atoms with Crippen LogP contribution in [0.25, 0.3) is 0 Å². The number of rotatable bonds is 5. The number of halogens is 1. The first-order valence-electron chi connectivity index (χ1n) is 9.46. The van der Waals surface area contributed by atoms with Gasteiger partial charge in [0.05, 0.1) is 43.8 Å². The summed E-state index contributed by atoms with van der Waals surface area (Å²) in [4.78, 5) is 32.6. The molecular weight excluding hydrogens is 401 g/mol. The van der Waals surface area contributed by atoms with Crippen molar-refractivity contribution in [2.24, 2.45) is 11.8 Å². The zero-order chi connectivity index (χ0) is 20.8. The maximum absolute atomic E-state index is 14.3. The smallest absolute Gasteiger partial charge is 0.257 e. The number of morpholine rings is 1. The van der Waals surface area contributed by atoms with E-state index >= 15 is 0 Å². The molecule has 1 aromatic rings. The zero-order valence-electron chi connectivity index (χ0n) is 16.3. The maximum Gasteiger partial charge on any atom is 0.257 e. The fourth-order valence-corrected chi connectivity index (χ4v) is 5.29. The Bertz CT molecular complexity index is 827. The normalized spacial score (nSPS) is 30.4. The summed E-state index contributed by atoms with van der Waals surface area (Å²) < 4.78 is 25.6. The molecule has 0 aromatic carbocycles. The fraction of sp³-hybridized carbons (Fsp3) is 0.632. The molecule has 0 saturated carbocycles. The van der Waals surface area contributed by atoms with E-state index in [0.29, 0.717) is 18.8 Å². The van der Waals surface area contributed by atoms with Crippen molar-refractivity contribution >= 4 is 23.6 Å². The third-order valence-corrected chi connectivity index (χ3v) is 6.71. The summed E-state index contributed by atoms with van der Waals surface area (Å²) in [7, 11) is 1.40. The van der Waals surface area contributed by atoms with Crippen molar-refractivity contribution in [1.82, 2.24) is 14.8 Å². The van der Waals surface area contributed by atoms with Gasteiger partial charge in [-0.1, -0.05) is 0 Å². The second-order valence-electron chi connectivity index (χ2n) is 7.77. The van der Waals surface area contributed by atoms with Crippen LogP contribution in [-0.2, 0) is 9.53 Å². The van der Waals surface area contributed by atoms with E-state index in [1.807, 2.05) is 6.26 Å². The van der Waals surface area contributed by atoms with Crippen LogP contribution in [0.4, 0.5) is 4.39 Å². The van der Waals surface area contributed by atoms with E-state index in [-0.39, 0.29) is 55.0 Å². The number of fused-ring (bicyclic) bond motifs is 1. The van der Waals surface area contributed by atoms with Gasteiger partial charge in [0.2, 0.25) is 11.8 Å². The van der Waals surface area contributed by atoms with Gasteiger partial charge in [0, 0.05) is 37.6 Å². The summed E-state index contributed by atoms with van der Waals surface area (Å²) in [6.07, 6.45) is 2.50. The number of carbonyl (C=O) groups excluding carboxylic acids is 2. The first-order chi connectivity index (χ1) is 13.9. The average molecular weight is 425 g/mol. The Balaban J connectivity index is 1.60. The molecule has 2 amide bonds. The highest BCUT2D eigenvalue weighted by atomic mass is 32.2. The number of aromatic nitrogens is 1. The molecule has 29 heavy (non-hydrogen) atoms. The van der Waals surface area contributed by atoms with E-state index in [9.17, 15) is 19.1 Å². The number of thioether (sulfide) groups is 1. The number of methoxy groups -OCH3 is 1. The van der Waals surface area contributed by atoms with Crippen LogP contribution in [0.3, 0.4) is 0 Å². The second-order valence-corrected chi connectivity index (χ2v) is 8.64. The molecule has 1 aromatic heterocycles. The lowest BCUT2D eigenvalue weighted by Gasteiger charge is -2.40. The number of nitrogens with zero attached hydrogens (tertiary/aromatic N) is 3. The van der Waals surface area contributed by atoms with Crippen LogP contribution in [0, 0.1) is 17.7 Å². The highest BCUT2D eigenvalue weighted by Crippen LogP contribution is 2.49. The quantitative estimate of drug-likeness (QED) is 0.723. The van der Waals surface area contributed by atoms with Crippen LogP contribution in [0.5, 0.6) is 5.88 Å². The molecule has 3 saturated heterocycles. The molecule has 3 aliphatic rings. The monoisotopic (exact) mass is 425 g/mol. The topological polar surface area (TPSA) is 92.2 Å². The van der Waals surface area contributed by atoms with E-state index in [1.54, 1.807) is 9.80 Å². The number of hydrogen-bond donors (Lipinski definition) is 1. The molecule has 0 aliphatic carbocycles. The van der Waals surface area contributed by atoms with Crippen molar-refractivity contribution in [3.05, 3.63) is 23.6 Å². The molecular formula is C19H24FN3O5S. The summed E-state index contributed by atoms with van der Waals surface area (Å²) in [5.74, 6) is -0.862. The van der Waals surface area contributed by atoms with Gasteiger partial charge >= 0.3 is 0 Å². The number of carbonyl (C=O) groups is 2. The number of amides is 2. The molecule has 2 bridgehead atoms. The summed E-state index contributed by atoms with van der Waals surface area (Å²) in [6, 6.07) is 1.29. The zero-order valence-corrected chi connectivity index (χ0v) is 17.2. The number of hydrogen-bond acceptors (Lipinski definition) is 7. The number of aliphatic hydroxyl groups excluding tert-OH is 1. The lowest BCUT2D eigenvalue weighted by molar-refractivity contribution is -0.134. The standard InChI is InChI=1S/C19H24FN3O5S/c1-27-16-3-11(14(20)4-21-16)18(26)23-6-15-12(7-24)13-5-22(17(25)8-29-2)9-19(13,10-23)28-15/h3-4,12-13,15,24H,5-10H2,1-2H3/t12-,13+,15+,19-/m0/s1. The number of aliphatic hydroxyl groups is 1. The van der Waals surface area contributed by atoms with Gasteiger partial charge < -0.3 is 24.4 Å². The Morgan fingerprint density at radius 2 is 2.17 bits per heavy atom. The predicted octanol–water partition coefficient (Wildman–Crippen LogP) is 0.253. The van der Waals surface area contributed by atoms with Crippen molar-refractivity contribution < 1.29 is 28.6 Å². The fourth-order valence-electron chi connectivity index (χ4n) is 4.86. The van der Waals surface area contributed by atoms with E-state index < -0.39 is 17.3 Å². The van der Waals surface area contributed by atoms with Crippen LogP contribution < -0.4 is 4.74 Å². The molecule has 158 valence electrons. The van der Waals surface area contributed by atoms with E-state index in [0.717, 1.165) is 6.20 Å². The largest absolute Gasteiger partial charge is 0.481 e. The summed E-state index contributed by atoms with van der Waals surface area (Å²) in [5, 5.41) is 9.96. The first-order valence-corrected chi connectivity index (χ1v) is 10.9. The van der Waals surface area contributed by atoms with Crippen LogP contribution in [0.1, 0.15) is 10.4 Å². The third-order valence-electron chi connectivity index (χ3n) is 6.18. The van der Waals surface area contributed by atoms with Gasteiger partial charge in [0.15, 0.2) is 5.82 Å². The maximum atomic E-state index is 14.3. The molecule has 0 unspecified atom stereocenters. The Morgan fingerprint density at radius 1 is 1.41 bits per heavy atom. The predicted molar refractivity (Wildman–Crippen MR) is 103 cm³/mol. The Morgan fingerprint density at radius 3 is 2.86 bits per heavy atom. The van der Waals surface area contributed by atoms with Crippen molar-refractivity contribution in [2.45, 2.75) is 11.7 Å². The Labute approximate surface area is 172 Å². The minimum absolute atomic E-state index is 0.0199. The number of ether oxygens (including phenoxy) is 2. The van der Waals surface area contributed by atoms with Gasteiger partial charge in [-0.2, -0.15) is 11.8 Å². The lowest BCUT2D eigenvalue weighted by atomic mass is 9.83. The van der Waals surface area contributed by atoms with E-state index in [2.05, 4.69) is 4.98 Å². The molecule has 3 aliphatic heterocycles. The lowest BCUT2D eigenvalue weighted by Crippen LogP contribution is -2.56. The first kappa shape index (κ1) is 20.4. The van der Waals surface area contributed by atoms with Gasteiger partial charge in [0.25, 0.3) is 5.91 Å². The highest BCUT2D eigenvalue weighted by molar-refractivity contribution is 7.99. The summed E-state index contributed by atoms with van der Waals surface area (Å²) in [5.41, 5.74) is -0.840. The minimum atomic E-state index is -0.729. The Hall–Kier alpha value is -1.91. The van der Waals surface area contributed by atoms with Gasteiger partial charge in [0.1, 0.15) is 5.60 Å². The number of pyridine rings is 1. The molecule has 1 N–H and O–H groups in total. The van der Waals surface area contributed by atoms with Gasteiger partial charge in [-0.05, 0) is 6.26 Å².